The van der Waals surface area contributed by atoms with E-state index in [0.717, 1.165) is 18.5 Å². The van der Waals surface area contributed by atoms with Crippen molar-refractivity contribution in [3.63, 3.8) is 0 Å². The monoisotopic (exact) mass is 215 g/mol. The van der Waals surface area contributed by atoms with Crippen molar-refractivity contribution in [2.45, 2.75) is 25.8 Å². The van der Waals surface area contributed by atoms with Crippen LogP contribution in [0.5, 0.6) is 0 Å². The second-order valence-corrected chi connectivity index (χ2v) is 3.99. The van der Waals surface area contributed by atoms with Crippen LogP contribution in [0.4, 0.5) is 0 Å². The first-order valence-electron chi connectivity index (χ1n) is 5.64. The molecule has 3 nitrogen and oxygen atoms in total. The quantitative estimate of drug-likeness (QED) is 0.849. The minimum Gasteiger partial charge on any atom is -0.327 e. The number of hydrogen-bond donors (Lipinski definition) is 1. The van der Waals surface area contributed by atoms with Gasteiger partial charge in [-0.25, -0.2) is 4.68 Å². The molecule has 1 aromatic carbocycles. The van der Waals surface area contributed by atoms with Gasteiger partial charge in [-0.2, -0.15) is 5.10 Å². The van der Waals surface area contributed by atoms with Gasteiger partial charge in [0, 0.05) is 18.4 Å². The Labute approximate surface area is 95.9 Å². The molecule has 16 heavy (non-hydrogen) atoms. The molecule has 0 saturated heterocycles. The third kappa shape index (κ3) is 2.49. The van der Waals surface area contributed by atoms with Crippen LogP contribution < -0.4 is 5.73 Å². The Morgan fingerprint density at radius 1 is 1.38 bits per heavy atom. The average molecular weight is 215 g/mol. The van der Waals surface area contributed by atoms with Crippen LogP contribution in [0.1, 0.15) is 18.9 Å². The van der Waals surface area contributed by atoms with Crippen molar-refractivity contribution >= 4 is 0 Å². The van der Waals surface area contributed by atoms with E-state index in [1.807, 2.05) is 23.0 Å². The third-order valence-electron chi connectivity index (χ3n) is 2.70. The van der Waals surface area contributed by atoms with Crippen LogP contribution in [-0.2, 0) is 6.42 Å². The summed E-state index contributed by atoms with van der Waals surface area (Å²) in [5.74, 6) is 0. The van der Waals surface area contributed by atoms with Gasteiger partial charge in [0.05, 0.1) is 5.69 Å². The van der Waals surface area contributed by atoms with Crippen molar-refractivity contribution in [1.82, 2.24) is 9.78 Å². The lowest BCUT2D eigenvalue weighted by molar-refractivity contribution is 0.646. The summed E-state index contributed by atoms with van der Waals surface area (Å²) < 4.78 is 1.86. The van der Waals surface area contributed by atoms with Crippen LogP contribution in [-0.4, -0.2) is 15.8 Å². The molecule has 0 radical (unpaired) electrons. The minimum atomic E-state index is 0.243. The highest BCUT2D eigenvalue weighted by Gasteiger charge is 2.03. The normalized spacial score (nSPS) is 12.6. The van der Waals surface area contributed by atoms with E-state index in [0.29, 0.717) is 0 Å². The zero-order valence-electron chi connectivity index (χ0n) is 9.50. The fraction of sp³-hybridized carbons (Fsp3) is 0.308. The standard InChI is InChI=1S/C13H17N3/c1-2-12(14)9-11-5-3-6-13(10-11)16-8-4-7-15-16/h3-8,10,12H,2,9,14H2,1H3. The predicted octanol–water partition coefficient (Wildman–Crippen LogP) is 2.15. The fourth-order valence-corrected chi connectivity index (χ4v) is 1.69. The maximum atomic E-state index is 5.95. The Balaban J connectivity index is 2.20. The van der Waals surface area contributed by atoms with Gasteiger partial charge in [0.1, 0.15) is 0 Å². The number of nitrogens with zero attached hydrogens (tertiary/aromatic N) is 2. The van der Waals surface area contributed by atoms with Crippen LogP contribution in [0.25, 0.3) is 5.69 Å². The zero-order chi connectivity index (χ0) is 11.4. The number of aromatic nitrogens is 2. The molecule has 2 aromatic rings. The Morgan fingerprint density at radius 2 is 2.25 bits per heavy atom. The molecule has 1 aromatic heterocycles. The molecular weight excluding hydrogens is 198 g/mol. The summed E-state index contributed by atoms with van der Waals surface area (Å²) in [6.45, 7) is 2.11. The molecule has 84 valence electrons. The molecule has 3 heteroatoms. The number of benzene rings is 1. The highest BCUT2D eigenvalue weighted by molar-refractivity contribution is 5.35. The Morgan fingerprint density at radius 3 is 2.94 bits per heavy atom. The van der Waals surface area contributed by atoms with E-state index in [4.69, 9.17) is 5.73 Å². The molecule has 0 amide bonds. The van der Waals surface area contributed by atoms with E-state index in [1.54, 1.807) is 6.20 Å². The minimum absolute atomic E-state index is 0.243. The molecule has 0 aliphatic rings. The van der Waals surface area contributed by atoms with Crippen molar-refractivity contribution in [2.75, 3.05) is 0 Å². The number of nitrogens with two attached hydrogens (primary N) is 1. The predicted molar refractivity (Wildman–Crippen MR) is 65.5 cm³/mol. The Hall–Kier alpha value is -1.61. The van der Waals surface area contributed by atoms with Gasteiger partial charge >= 0.3 is 0 Å². The van der Waals surface area contributed by atoms with Crippen molar-refractivity contribution in [3.8, 4) is 5.69 Å². The summed E-state index contributed by atoms with van der Waals surface area (Å²) in [6, 6.07) is 10.5. The summed E-state index contributed by atoms with van der Waals surface area (Å²) in [4.78, 5) is 0. The van der Waals surface area contributed by atoms with Crippen molar-refractivity contribution in [3.05, 3.63) is 48.3 Å². The zero-order valence-corrected chi connectivity index (χ0v) is 9.50. The maximum Gasteiger partial charge on any atom is 0.0648 e. The van der Waals surface area contributed by atoms with E-state index < -0.39 is 0 Å². The lowest BCUT2D eigenvalue weighted by atomic mass is 10.0. The van der Waals surface area contributed by atoms with Gasteiger partial charge in [-0.1, -0.05) is 19.1 Å². The van der Waals surface area contributed by atoms with Gasteiger partial charge in [0.2, 0.25) is 0 Å². The number of hydrogen-bond acceptors (Lipinski definition) is 2. The molecule has 1 heterocycles. The molecule has 0 spiro atoms. The van der Waals surface area contributed by atoms with E-state index in [-0.39, 0.29) is 6.04 Å². The molecule has 0 saturated carbocycles. The van der Waals surface area contributed by atoms with Crippen molar-refractivity contribution < 1.29 is 0 Å². The lowest BCUT2D eigenvalue weighted by Crippen LogP contribution is -2.21. The van der Waals surface area contributed by atoms with E-state index in [1.165, 1.54) is 5.56 Å². The average Bonchev–Trinajstić information content (AvgIpc) is 2.83. The smallest absolute Gasteiger partial charge is 0.0648 e. The van der Waals surface area contributed by atoms with Crippen molar-refractivity contribution in [2.24, 2.45) is 5.73 Å². The molecule has 0 aliphatic carbocycles. The third-order valence-corrected chi connectivity index (χ3v) is 2.70. The first-order valence-corrected chi connectivity index (χ1v) is 5.64. The molecule has 1 atom stereocenters. The van der Waals surface area contributed by atoms with Gasteiger partial charge in [0.15, 0.2) is 0 Å². The summed E-state index contributed by atoms with van der Waals surface area (Å²) in [7, 11) is 0. The highest BCUT2D eigenvalue weighted by Crippen LogP contribution is 2.11. The topological polar surface area (TPSA) is 43.8 Å². The summed E-state index contributed by atoms with van der Waals surface area (Å²) in [5, 5.41) is 4.21. The van der Waals surface area contributed by atoms with Crippen LogP contribution in [0, 0.1) is 0 Å². The Kier molecular flexibility index (Phi) is 3.37. The van der Waals surface area contributed by atoms with E-state index in [2.05, 4.69) is 30.2 Å². The molecule has 1 unspecified atom stereocenters. The lowest BCUT2D eigenvalue weighted by Gasteiger charge is -2.10. The van der Waals surface area contributed by atoms with Crippen molar-refractivity contribution in [1.29, 1.82) is 0 Å². The summed E-state index contributed by atoms with van der Waals surface area (Å²) in [5.41, 5.74) is 8.31. The van der Waals surface area contributed by atoms with E-state index >= 15 is 0 Å². The summed E-state index contributed by atoms with van der Waals surface area (Å²) >= 11 is 0. The second kappa shape index (κ2) is 4.94. The second-order valence-electron chi connectivity index (χ2n) is 3.99. The van der Waals surface area contributed by atoms with E-state index in [9.17, 15) is 0 Å². The van der Waals surface area contributed by atoms with Gasteiger partial charge in [-0.3, -0.25) is 0 Å². The molecule has 0 aliphatic heterocycles. The fourth-order valence-electron chi connectivity index (χ4n) is 1.69. The van der Waals surface area contributed by atoms with Gasteiger partial charge in [-0.15, -0.1) is 0 Å². The highest BCUT2D eigenvalue weighted by atomic mass is 15.3. The van der Waals surface area contributed by atoms with Gasteiger partial charge in [-0.05, 0) is 36.6 Å². The van der Waals surface area contributed by atoms with Crippen LogP contribution in [0.2, 0.25) is 0 Å². The van der Waals surface area contributed by atoms with Crippen LogP contribution in [0.15, 0.2) is 42.7 Å². The molecule has 2 N–H and O–H groups in total. The van der Waals surface area contributed by atoms with Gasteiger partial charge < -0.3 is 5.73 Å². The largest absolute Gasteiger partial charge is 0.327 e. The summed E-state index contributed by atoms with van der Waals surface area (Å²) in [6.07, 6.45) is 5.65. The number of rotatable bonds is 4. The SMILES string of the molecule is CCC(N)Cc1cccc(-n2cccn2)c1. The van der Waals surface area contributed by atoms with Gasteiger partial charge in [0.25, 0.3) is 0 Å². The molecule has 0 fully saturated rings. The first kappa shape index (κ1) is 10.9. The molecular formula is C13H17N3. The van der Waals surface area contributed by atoms with Crippen LogP contribution >= 0.6 is 0 Å². The first-order chi connectivity index (χ1) is 7.79. The van der Waals surface area contributed by atoms with Crippen LogP contribution in [0.3, 0.4) is 0 Å². The molecule has 0 bridgehead atoms. The molecule has 2 rings (SSSR count). The Bertz CT molecular complexity index is 434. The maximum absolute atomic E-state index is 5.95.